The molecule has 7 heteroatoms. The number of benzene rings is 2. The molecule has 6 nitrogen and oxygen atoms in total. The maximum absolute atomic E-state index is 13.9. The third-order valence-electron chi connectivity index (χ3n) is 4.62. The van der Waals surface area contributed by atoms with Crippen molar-refractivity contribution in [1.29, 1.82) is 0 Å². The van der Waals surface area contributed by atoms with Crippen molar-refractivity contribution in [2.24, 2.45) is 0 Å². The Morgan fingerprint density at radius 1 is 1.04 bits per heavy atom. The number of halogens is 1. The highest BCUT2D eigenvalue weighted by molar-refractivity contribution is 5.67. The fourth-order valence-corrected chi connectivity index (χ4v) is 3.05. The van der Waals surface area contributed by atoms with Crippen LogP contribution in [0.3, 0.4) is 0 Å². The minimum Gasteiger partial charge on any atom is -0.293 e. The van der Waals surface area contributed by atoms with Crippen LogP contribution in [-0.4, -0.2) is 24.5 Å². The van der Waals surface area contributed by atoms with E-state index in [-0.39, 0.29) is 23.4 Å². The average molecular weight is 363 g/mol. The van der Waals surface area contributed by atoms with Crippen molar-refractivity contribution < 1.29 is 4.39 Å². The summed E-state index contributed by atoms with van der Waals surface area (Å²) in [5.74, 6) is -0.329. The van der Waals surface area contributed by atoms with Crippen molar-refractivity contribution in [3.05, 3.63) is 87.2 Å². The second-order valence-electron chi connectivity index (χ2n) is 6.62. The SMILES string of the molecule is Cc1ccc(C)c(Cn2cnc3c(nnn3Cc3ccccc3F)c2=O)c1. The van der Waals surface area contributed by atoms with Gasteiger partial charge in [-0.25, -0.2) is 14.1 Å². The quantitative estimate of drug-likeness (QED) is 0.559. The van der Waals surface area contributed by atoms with E-state index in [2.05, 4.69) is 21.4 Å². The minimum absolute atomic E-state index is 0.163. The molecule has 0 saturated carbocycles. The summed E-state index contributed by atoms with van der Waals surface area (Å²) in [6, 6.07) is 12.6. The molecular weight excluding hydrogens is 345 g/mol. The van der Waals surface area contributed by atoms with Gasteiger partial charge in [-0.2, -0.15) is 0 Å². The molecule has 0 aliphatic heterocycles. The summed E-state index contributed by atoms with van der Waals surface area (Å²) in [7, 11) is 0. The first kappa shape index (κ1) is 17.1. The molecule has 0 saturated heterocycles. The topological polar surface area (TPSA) is 65.6 Å². The van der Waals surface area contributed by atoms with E-state index in [0.29, 0.717) is 17.8 Å². The first-order valence-electron chi connectivity index (χ1n) is 8.61. The first-order chi connectivity index (χ1) is 13.0. The lowest BCUT2D eigenvalue weighted by Gasteiger charge is -2.09. The Labute approximate surface area is 154 Å². The lowest BCUT2D eigenvalue weighted by molar-refractivity contribution is 0.581. The molecule has 0 bridgehead atoms. The van der Waals surface area contributed by atoms with Crippen molar-refractivity contribution in [3.63, 3.8) is 0 Å². The molecule has 0 spiro atoms. The standard InChI is InChI=1S/C20H18FN5O/c1-13-7-8-14(2)16(9-13)10-25-12-22-19-18(20(25)27)23-24-26(19)11-15-5-3-4-6-17(15)21/h3-9,12H,10-11H2,1-2H3. The van der Waals surface area contributed by atoms with E-state index in [0.717, 1.165) is 16.7 Å². The highest BCUT2D eigenvalue weighted by Gasteiger charge is 2.14. The Morgan fingerprint density at radius 3 is 2.67 bits per heavy atom. The minimum atomic E-state index is -0.329. The van der Waals surface area contributed by atoms with E-state index in [9.17, 15) is 9.18 Å². The smallest absolute Gasteiger partial charge is 0.283 e. The lowest BCUT2D eigenvalue weighted by Crippen LogP contribution is -2.22. The van der Waals surface area contributed by atoms with Gasteiger partial charge < -0.3 is 0 Å². The van der Waals surface area contributed by atoms with Crippen molar-refractivity contribution in [3.8, 4) is 0 Å². The molecule has 0 aliphatic carbocycles. The first-order valence-corrected chi connectivity index (χ1v) is 8.61. The maximum Gasteiger partial charge on any atom is 0.283 e. The van der Waals surface area contributed by atoms with Crippen LogP contribution in [0.4, 0.5) is 4.39 Å². The van der Waals surface area contributed by atoms with Crippen LogP contribution in [0.25, 0.3) is 11.2 Å². The van der Waals surface area contributed by atoms with E-state index in [1.165, 1.54) is 21.6 Å². The zero-order valence-electron chi connectivity index (χ0n) is 15.1. The molecule has 2 heterocycles. The van der Waals surface area contributed by atoms with Gasteiger partial charge in [-0.05, 0) is 31.0 Å². The lowest BCUT2D eigenvalue weighted by atomic mass is 10.1. The highest BCUT2D eigenvalue weighted by Crippen LogP contribution is 2.13. The van der Waals surface area contributed by atoms with Crippen LogP contribution >= 0.6 is 0 Å². The number of aryl methyl sites for hydroxylation is 2. The Morgan fingerprint density at radius 2 is 1.85 bits per heavy atom. The molecule has 0 radical (unpaired) electrons. The zero-order chi connectivity index (χ0) is 19.0. The van der Waals surface area contributed by atoms with Crippen LogP contribution in [0.5, 0.6) is 0 Å². The summed E-state index contributed by atoms with van der Waals surface area (Å²) >= 11 is 0. The summed E-state index contributed by atoms with van der Waals surface area (Å²) in [6.45, 7) is 4.60. The summed E-state index contributed by atoms with van der Waals surface area (Å²) in [5, 5.41) is 7.98. The number of hydrogen-bond donors (Lipinski definition) is 0. The number of hydrogen-bond acceptors (Lipinski definition) is 4. The molecule has 136 valence electrons. The fraction of sp³-hybridized carbons (Fsp3) is 0.200. The molecular formula is C20H18FN5O. The van der Waals surface area contributed by atoms with Gasteiger partial charge in [-0.15, -0.1) is 5.10 Å². The number of nitrogens with zero attached hydrogens (tertiary/aromatic N) is 5. The van der Waals surface area contributed by atoms with Gasteiger partial charge in [0.15, 0.2) is 11.2 Å². The van der Waals surface area contributed by atoms with Crippen LogP contribution in [0.15, 0.2) is 53.6 Å². The number of fused-ring (bicyclic) bond motifs is 1. The Hall–Kier alpha value is -3.35. The average Bonchev–Trinajstić information content (AvgIpc) is 3.06. The Kier molecular flexibility index (Phi) is 4.27. The van der Waals surface area contributed by atoms with Crippen molar-refractivity contribution >= 4 is 11.2 Å². The van der Waals surface area contributed by atoms with Gasteiger partial charge in [0.25, 0.3) is 5.56 Å². The monoisotopic (exact) mass is 363 g/mol. The molecule has 0 aliphatic rings. The molecule has 0 atom stereocenters. The summed E-state index contributed by atoms with van der Waals surface area (Å²) in [6.07, 6.45) is 1.49. The van der Waals surface area contributed by atoms with Gasteiger partial charge in [0.05, 0.1) is 13.1 Å². The summed E-state index contributed by atoms with van der Waals surface area (Å²) in [5.41, 5.74) is 4.02. The predicted octanol–water partition coefficient (Wildman–Crippen LogP) is 2.84. The molecule has 4 rings (SSSR count). The Balaban J connectivity index is 1.71. The fourth-order valence-electron chi connectivity index (χ4n) is 3.05. The second-order valence-corrected chi connectivity index (χ2v) is 6.62. The molecule has 4 aromatic rings. The van der Waals surface area contributed by atoms with Gasteiger partial charge in [-0.1, -0.05) is 47.2 Å². The zero-order valence-corrected chi connectivity index (χ0v) is 15.1. The van der Waals surface area contributed by atoms with Gasteiger partial charge in [0.1, 0.15) is 12.1 Å². The molecule has 0 amide bonds. The van der Waals surface area contributed by atoms with Crippen molar-refractivity contribution in [2.75, 3.05) is 0 Å². The second kappa shape index (κ2) is 6.75. The highest BCUT2D eigenvalue weighted by atomic mass is 19.1. The van der Waals surface area contributed by atoms with Gasteiger partial charge in [0, 0.05) is 5.56 Å². The van der Waals surface area contributed by atoms with E-state index >= 15 is 0 Å². The van der Waals surface area contributed by atoms with Crippen molar-refractivity contribution in [1.82, 2.24) is 24.5 Å². The van der Waals surface area contributed by atoms with Crippen molar-refractivity contribution in [2.45, 2.75) is 26.9 Å². The van der Waals surface area contributed by atoms with Gasteiger partial charge in [-0.3, -0.25) is 9.36 Å². The number of aromatic nitrogens is 5. The maximum atomic E-state index is 13.9. The third-order valence-corrected chi connectivity index (χ3v) is 4.62. The van der Waals surface area contributed by atoms with Crippen LogP contribution in [0, 0.1) is 19.7 Å². The Bertz CT molecular complexity index is 1190. The number of rotatable bonds is 4. The van der Waals surface area contributed by atoms with E-state index in [1.807, 2.05) is 26.0 Å². The van der Waals surface area contributed by atoms with Gasteiger partial charge in [0.2, 0.25) is 0 Å². The molecule has 2 aromatic carbocycles. The van der Waals surface area contributed by atoms with Gasteiger partial charge >= 0.3 is 0 Å². The van der Waals surface area contributed by atoms with E-state index in [4.69, 9.17) is 0 Å². The summed E-state index contributed by atoms with van der Waals surface area (Å²) in [4.78, 5) is 17.1. The molecule has 2 aromatic heterocycles. The molecule has 27 heavy (non-hydrogen) atoms. The molecule has 0 unspecified atom stereocenters. The van der Waals surface area contributed by atoms with Crippen LogP contribution in [0.1, 0.15) is 22.3 Å². The normalized spacial score (nSPS) is 11.2. The molecule has 0 fully saturated rings. The largest absolute Gasteiger partial charge is 0.293 e. The van der Waals surface area contributed by atoms with E-state index < -0.39 is 0 Å². The van der Waals surface area contributed by atoms with Crippen LogP contribution in [0.2, 0.25) is 0 Å². The van der Waals surface area contributed by atoms with E-state index in [1.54, 1.807) is 18.2 Å². The van der Waals surface area contributed by atoms with Crippen LogP contribution < -0.4 is 5.56 Å². The third kappa shape index (κ3) is 3.23. The molecule has 0 N–H and O–H groups in total. The predicted molar refractivity (Wildman–Crippen MR) is 100 cm³/mol. The summed E-state index contributed by atoms with van der Waals surface area (Å²) < 4.78 is 16.9. The van der Waals surface area contributed by atoms with Crippen LogP contribution in [-0.2, 0) is 13.1 Å².